The van der Waals surface area contributed by atoms with Crippen molar-refractivity contribution in [2.24, 2.45) is 5.92 Å². The van der Waals surface area contributed by atoms with Gasteiger partial charge in [0.15, 0.2) is 0 Å². The van der Waals surface area contributed by atoms with Crippen LogP contribution in [-0.4, -0.2) is 60.4 Å². The topological polar surface area (TPSA) is 52.7 Å². The van der Waals surface area contributed by atoms with E-state index in [1.54, 1.807) is 6.92 Å². The minimum absolute atomic E-state index is 0.0226. The summed E-state index contributed by atoms with van der Waals surface area (Å²) in [6, 6.07) is -0.417. The van der Waals surface area contributed by atoms with Crippen molar-refractivity contribution in [1.82, 2.24) is 15.1 Å². The quantitative estimate of drug-likeness (QED) is 0.786. The summed E-state index contributed by atoms with van der Waals surface area (Å²) in [5.41, 5.74) is 0. The van der Waals surface area contributed by atoms with Crippen LogP contribution in [0, 0.1) is 5.92 Å². The van der Waals surface area contributed by atoms with Crippen LogP contribution in [0.3, 0.4) is 0 Å². The summed E-state index contributed by atoms with van der Waals surface area (Å²) in [4.78, 5) is 27.2. The van der Waals surface area contributed by atoms with Gasteiger partial charge in [0.05, 0.1) is 0 Å². The van der Waals surface area contributed by atoms with Crippen molar-refractivity contribution in [3.63, 3.8) is 0 Å². The Hall–Kier alpha value is -1.10. The zero-order valence-electron chi connectivity index (χ0n) is 11.9. The van der Waals surface area contributed by atoms with E-state index < -0.39 is 6.04 Å². The molecule has 0 spiro atoms. The van der Waals surface area contributed by atoms with Gasteiger partial charge in [-0.05, 0) is 12.8 Å². The largest absolute Gasteiger partial charge is 0.345 e. The molecule has 0 aliphatic carbocycles. The van der Waals surface area contributed by atoms with Gasteiger partial charge in [0.2, 0.25) is 11.8 Å². The van der Waals surface area contributed by atoms with Crippen molar-refractivity contribution in [1.29, 1.82) is 0 Å². The molecule has 1 aliphatic rings. The summed E-state index contributed by atoms with van der Waals surface area (Å²) in [6.45, 7) is 12.0. The van der Waals surface area contributed by atoms with Crippen LogP contribution in [0.5, 0.6) is 0 Å². The second kappa shape index (κ2) is 6.73. The highest BCUT2D eigenvalue weighted by molar-refractivity contribution is 5.86. The number of nitrogens with zero attached hydrogens (tertiary/aromatic N) is 2. The first-order chi connectivity index (χ1) is 8.40. The van der Waals surface area contributed by atoms with Crippen LogP contribution in [-0.2, 0) is 9.59 Å². The average molecular weight is 255 g/mol. The Bertz CT molecular complexity index is 297. The fraction of sp³-hybridized carbons (Fsp3) is 0.846. The molecule has 0 aromatic rings. The zero-order valence-corrected chi connectivity index (χ0v) is 11.9. The summed E-state index contributed by atoms with van der Waals surface area (Å²) in [5.74, 6) is 0.522. The summed E-state index contributed by atoms with van der Waals surface area (Å²) in [7, 11) is 0. The van der Waals surface area contributed by atoms with Crippen LogP contribution in [0.1, 0.15) is 27.7 Å². The monoisotopic (exact) mass is 255 g/mol. The SMILES string of the molecule is CC(=O)NC(C)C(=O)N1CCN(CC(C)C)CC1. The molecule has 1 saturated heterocycles. The highest BCUT2D eigenvalue weighted by Crippen LogP contribution is 2.06. The molecule has 1 atom stereocenters. The molecule has 1 aliphatic heterocycles. The molecule has 1 N–H and O–H groups in total. The first-order valence-electron chi connectivity index (χ1n) is 6.68. The van der Waals surface area contributed by atoms with E-state index in [9.17, 15) is 9.59 Å². The molecule has 5 heteroatoms. The van der Waals surface area contributed by atoms with Crippen molar-refractivity contribution in [3.05, 3.63) is 0 Å². The number of nitrogens with one attached hydrogen (secondary N) is 1. The van der Waals surface area contributed by atoms with Gasteiger partial charge in [-0.3, -0.25) is 14.5 Å². The van der Waals surface area contributed by atoms with Gasteiger partial charge in [-0.15, -0.1) is 0 Å². The molecule has 0 aromatic carbocycles. The second-order valence-corrected chi connectivity index (χ2v) is 5.44. The molecule has 1 rings (SSSR count). The van der Waals surface area contributed by atoms with Gasteiger partial charge in [-0.2, -0.15) is 0 Å². The van der Waals surface area contributed by atoms with E-state index in [0.717, 1.165) is 32.7 Å². The summed E-state index contributed by atoms with van der Waals surface area (Å²) >= 11 is 0. The Kier molecular flexibility index (Phi) is 5.59. The predicted octanol–water partition coefficient (Wildman–Crippen LogP) is 0.311. The van der Waals surface area contributed by atoms with E-state index in [1.807, 2.05) is 4.90 Å². The van der Waals surface area contributed by atoms with Crippen LogP contribution in [0.2, 0.25) is 0 Å². The number of piperazine rings is 1. The molecule has 18 heavy (non-hydrogen) atoms. The highest BCUT2D eigenvalue weighted by atomic mass is 16.2. The second-order valence-electron chi connectivity index (χ2n) is 5.44. The summed E-state index contributed by atoms with van der Waals surface area (Å²) in [5, 5.41) is 2.64. The predicted molar refractivity (Wildman–Crippen MR) is 71.1 cm³/mol. The van der Waals surface area contributed by atoms with Gasteiger partial charge < -0.3 is 10.2 Å². The highest BCUT2D eigenvalue weighted by Gasteiger charge is 2.25. The molecule has 1 unspecified atom stereocenters. The lowest BCUT2D eigenvalue weighted by molar-refractivity contribution is -0.137. The lowest BCUT2D eigenvalue weighted by atomic mass is 10.2. The standard InChI is InChI=1S/C13H25N3O2/c1-10(2)9-15-5-7-16(8-6-15)13(18)11(3)14-12(4)17/h10-11H,5-9H2,1-4H3,(H,14,17). The summed E-state index contributed by atoms with van der Waals surface area (Å²) in [6.07, 6.45) is 0. The Morgan fingerprint density at radius 2 is 1.67 bits per heavy atom. The van der Waals surface area contributed by atoms with Crippen LogP contribution in [0.25, 0.3) is 0 Å². The van der Waals surface area contributed by atoms with Crippen molar-refractivity contribution in [3.8, 4) is 0 Å². The average Bonchev–Trinajstić information content (AvgIpc) is 2.27. The molecular weight excluding hydrogens is 230 g/mol. The normalized spacial score (nSPS) is 18.8. The molecule has 1 fully saturated rings. The number of hydrogen-bond acceptors (Lipinski definition) is 3. The fourth-order valence-corrected chi connectivity index (χ4v) is 2.31. The molecule has 1 heterocycles. The molecule has 5 nitrogen and oxygen atoms in total. The van der Waals surface area contributed by atoms with E-state index >= 15 is 0 Å². The maximum atomic E-state index is 12.1. The van der Waals surface area contributed by atoms with Gasteiger partial charge >= 0.3 is 0 Å². The molecule has 0 saturated carbocycles. The number of amides is 2. The van der Waals surface area contributed by atoms with Gasteiger partial charge in [-0.25, -0.2) is 0 Å². The third-order valence-electron chi connectivity index (χ3n) is 3.10. The third-order valence-corrected chi connectivity index (χ3v) is 3.10. The smallest absolute Gasteiger partial charge is 0.244 e. The van der Waals surface area contributed by atoms with Crippen molar-refractivity contribution >= 4 is 11.8 Å². The Morgan fingerprint density at radius 1 is 1.11 bits per heavy atom. The molecule has 0 aromatic heterocycles. The lowest BCUT2D eigenvalue weighted by Crippen LogP contribution is -2.54. The third kappa shape index (κ3) is 4.64. The van der Waals surface area contributed by atoms with Gasteiger partial charge in [0.25, 0.3) is 0 Å². The number of hydrogen-bond donors (Lipinski definition) is 1. The molecule has 2 amide bonds. The Balaban J connectivity index is 2.38. The minimum atomic E-state index is -0.417. The Labute approximate surface area is 110 Å². The molecule has 104 valence electrons. The number of carbonyl (C=O) groups is 2. The maximum absolute atomic E-state index is 12.1. The fourth-order valence-electron chi connectivity index (χ4n) is 2.31. The van der Waals surface area contributed by atoms with Crippen molar-refractivity contribution < 1.29 is 9.59 Å². The van der Waals surface area contributed by atoms with Gasteiger partial charge in [0.1, 0.15) is 6.04 Å². The van der Waals surface area contributed by atoms with Crippen molar-refractivity contribution in [2.75, 3.05) is 32.7 Å². The van der Waals surface area contributed by atoms with E-state index in [1.165, 1.54) is 6.92 Å². The van der Waals surface area contributed by atoms with E-state index in [4.69, 9.17) is 0 Å². The number of rotatable bonds is 4. The lowest BCUT2D eigenvalue weighted by Gasteiger charge is -2.36. The first-order valence-corrected chi connectivity index (χ1v) is 6.68. The molecular formula is C13H25N3O2. The van der Waals surface area contributed by atoms with Gasteiger partial charge in [0, 0.05) is 39.6 Å². The van der Waals surface area contributed by atoms with E-state index in [0.29, 0.717) is 5.92 Å². The van der Waals surface area contributed by atoms with Crippen LogP contribution in [0.15, 0.2) is 0 Å². The van der Waals surface area contributed by atoms with Crippen LogP contribution in [0.4, 0.5) is 0 Å². The maximum Gasteiger partial charge on any atom is 0.244 e. The molecule has 0 radical (unpaired) electrons. The van der Waals surface area contributed by atoms with Crippen LogP contribution < -0.4 is 5.32 Å². The molecule has 0 bridgehead atoms. The Morgan fingerprint density at radius 3 is 2.11 bits per heavy atom. The minimum Gasteiger partial charge on any atom is -0.345 e. The van der Waals surface area contributed by atoms with E-state index in [2.05, 4.69) is 24.1 Å². The zero-order chi connectivity index (χ0) is 13.7. The van der Waals surface area contributed by atoms with E-state index in [-0.39, 0.29) is 11.8 Å². The number of carbonyl (C=O) groups excluding carboxylic acids is 2. The summed E-state index contributed by atoms with van der Waals surface area (Å²) < 4.78 is 0. The first kappa shape index (κ1) is 15.0. The van der Waals surface area contributed by atoms with Gasteiger partial charge in [-0.1, -0.05) is 13.8 Å². The van der Waals surface area contributed by atoms with Crippen LogP contribution >= 0.6 is 0 Å². The van der Waals surface area contributed by atoms with Crippen molar-refractivity contribution in [2.45, 2.75) is 33.7 Å².